The van der Waals surface area contributed by atoms with E-state index in [1.54, 1.807) is 0 Å². The SMILES string of the molecule is O=[N+]([O-])CC(SCCO)c1c(-c2ccccc2)n(-c2ccccc2)c2ccccc12. The number of aliphatic hydroxyl groups is 1. The molecule has 1 aromatic heterocycles. The first-order chi connectivity index (χ1) is 14.7. The van der Waals surface area contributed by atoms with Gasteiger partial charge >= 0.3 is 0 Å². The zero-order valence-electron chi connectivity index (χ0n) is 16.3. The molecule has 0 spiro atoms. The number of hydrogen-bond acceptors (Lipinski definition) is 4. The molecule has 0 bridgehead atoms. The van der Waals surface area contributed by atoms with Gasteiger partial charge in [-0.2, -0.15) is 0 Å². The Kier molecular flexibility index (Phi) is 6.16. The number of para-hydroxylation sites is 2. The predicted octanol–water partition coefficient (Wildman–Crippen LogP) is 5.34. The lowest BCUT2D eigenvalue weighted by Crippen LogP contribution is -2.12. The lowest BCUT2D eigenvalue weighted by molar-refractivity contribution is -0.479. The van der Waals surface area contributed by atoms with Gasteiger partial charge in [-0.25, -0.2) is 0 Å². The zero-order chi connectivity index (χ0) is 20.9. The van der Waals surface area contributed by atoms with E-state index in [2.05, 4.69) is 10.6 Å². The van der Waals surface area contributed by atoms with E-state index in [0.29, 0.717) is 5.75 Å². The molecule has 6 heteroatoms. The Morgan fingerprint density at radius 2 is 1.57 bits per heavy atom. The van der Waals surface area contributed by atoms with E-state index in [-0.39, 0.29) is 23.3 Å². The maximum atomic E-state index is 11.5. The van der Waals surface area contributed by atoms with Gasteiger partial charge in [0, 0.05) is 27.3 Å². The summed E-state index contributed by atoms with van der Waals surface area (Å²) >= 11 is 1.43. The van der Waals surface area contributed by atoms with Gasteiger partial charge in [0.25, 0.3) is 0 Å². The van der Waals surface area contributed by atoms with E-state index in [0.717, 1.165) is 33.4 Å². The van der Waals surface area contributed by atoms with Crippen molar-refractivity contribution in [3.05, 3.63) is 101 Å². The molecule has 4 aromatic rings. The normalized spacial score (nSPS) is 12.2. The monoisotopic (exact) mass is 418 g/mol. The minimum Gasteiger partial charge on any atom is -0.396 e. The Bertz CT molecular complexity index is 1140. The molecule has 0 radical (unpaired) electrons. The molecule has 0 saturated heterocycles. The van der Waals surface area contributed by atoms with Crippen molar-refractivity contribution in [3.63, 3.8) is 0 Å². The molecule has 1 heterocycles. The van der Waals surface area contributed by atoms with Crippen molar-refractivity contribution in [1.82, 2.24) is 4.57 Å². The molecule has 3 aromatic carbocycles. The molecular weight excluding hydrogens is 396 g/mol. The summed E-state index contributed by atoms with van der Waals surface area (Å²) in [6, 6.07) is 28.1. The smallest absolute Gasteiger partial charge is 0.219 e. The van der Waals surface area contributed by atoms with Crippen LogP contribution in [0.25, 0.3) is 27.8 Å². The van der Waals surface area contributed by atoms with Crippen molar-refractivity contribution in [2.75, 3.05) is 18.9 Å². The van der Waals surface area contributed by atoms with Crippen molar-refractivity contribution in [1.29, 1.82) is 0 Å². The molecule has 1 unspecified atom stereocenters. The molecule has 0 aliphatic carbocycles. The van der Waals surface area contributed by atoms with Gasteiger partial charge in [-0.3, -0.25) is 10.1 Å². The second-order valence-electron chi connectivity index (χ2n) is 6.91. The summed E-state index contributed by atoms with van der Waals surface area (Å²) in [5.74, 6) is 0.442. The molecule has 1 atom stereocenters. The van der Waals surface area contributed by atoms with Crippen LogP contribution in [-0.4, -0.2) is 33.5 Å². The molecule has 30 heavy (non-hydrogen) atoms. The minimum atomic E-state index is -0.378. The van der Waals surface area contributed by atoms with Gasteiger partial charge in [0.2, 0.25) is 6.54 Å². The number of hydrogen-bond donors (Lipinski definition) is 1. The van der Waals surface area contributed by atoms with Crippen LogP contribution in [0.5, 0.6) is 0 Å². The fourth-order valence-corrected chi connectivity index (χ4v) is 4.90. The maximum absolute atomic E-state index is 11.5. The summed E-state index contributed by atoms with van der Waals surface area (Å²) in [7, 11) is 0. The largest absolute Gasteiger partial charge is 0.396 e. The van der Waals surface area contributed by atoms with Crippen molar-refractivity contribution < 1.29 is 10.0 Å². The van der Waals surface area contributed by atoms with Crippen LogP contribution in [0.15, 0.2) is 84.9 Å². The summed E-state index contributed by atoms with van der Waals surface area (Å²) in [6.45, 7) is -0.218. The second-order valence-corrected chi connectivity index (χ2v) is 8.23. The Labute approximate surface area is 179 Å². The lowest BCUT2D eigenvalue weighted by atomic mass is 10.0. The first kappa shape index (κ1) is 20.2. The van der Waals surface area contributed by atoms with Gasteiger partial charge in [0.15, 0.2) is 0 Å². The Morgan fingerprint density at radius 3 is 2.23 bits per heavy atom. The second kappa shape index (κ2) is 9.15. The van der Waals surface area contributed by atoms with Gasteiger partial charge in [-0.1, -0.05) is 66.7 Å². The molecule has 0 amide bonds. The van der Waals surface area contributed by atoms with Crippen molar-refractivity contribution in [2.24, 2.45) is 0 Å². The van der Waals surface area contributed by atoms with Crippen LogP contribution in [0, 0.1) is 10.1 Å². The molecule has 4 rings (SSSR count). The molecule has 5 nitrogen and oxygen atoms in total. The molecule has 0 aliphatic rings. The topological polar surface area (TPSA) is 68.3 Å². The lowest BCUT2D eigenvalue weighted by Gasteiger charge is -2.17. The summed E-state index contributed by atoms with van der Waals surface area (Å²) in [5, 5.41) is 21.5. The third-order valence-electron chi connectivity index (χ3n) is 5.02. The van der Waals surface area contributed by atoms with Crippen molar-refractivity contribution in [2.45, 2.75) is 5.25 Å². The highest BCUT2D eigenvalue weighted by Gasteiger charge is 2.29. The maximum Gasteiger partial charge on any atom is 0.219 e. The van der Waals surface area contributed by atoms with E-state index in [9.17, 15) is 15.2 Å². The number of benzene rings is 3. The highest BCUT2D eigenvalue weighted by atomic mass is 32.2. The van der Waals surface area contributed by atoms with Gasteiger partial charge in [-0.15, -0.1) is 11.8 Å². The van der Waals surface area contributed by atoms with Crippen LogP contribution in [0.2, 0.25) is 0 Å². The Balaban J connectivity index is 2.07. The number of nitrogens with zero attached hydrogens (tertiary/aromatic N) is 2. The highest BCUT2D eigenvalue weighted by Crippen LogP contribution is 2.44. The number of aliphatic hydroxyl groups excluding tert-OH is 1. The fraction of sp³-hybridized carbons (Fsp3) is 0.167. The van der Waals surface area contributed by atoms with E-state index < -0.39 is 0 Å². The number of thioether (sulfide) groups is 1. The Hall–Kier alpha value is -3.09. The van der Waals surface area contributed by atoms with Crippen molar-refractivity contribution >= 4 is 22.7 Å². The molecule has 0 aliphatic heterocycles. The number of aromatic nitrogens is 1. The molecule has 0 saturated carbocycles. The molecule has 0 fully saturated rings. The summed E-state index contributed by atoms with van der Waals surface area (Å²) < 4.78 is 2.19. The van der Waals surface area contributed by atoms with Crippen LogP contribution in [0.1, 0.15) is 10.8 Å². The van der Waals surface area contributed by atoms with E-state index in [4.69, 9.17) is 0 Å². The first-order valence-electron chi connectivity index (χ1n) is 9.79. The van der Waals surface area contributed by atoms with Crippen LogP contribution in [0.4, 0.5) is 0 Å². The summed E-state index contributed by atoms with van der Waals surface area (Å²) in [4.78, 5) is 11.3. The third kappa shape index (κ3) is 3.97. The number of nitro groups is 1. The van der Waals surface area contributed by atoms with Gasteiger partial charge in [-0.05, 0) is 23.8 Å². The van der Waals surface area contributed by atoms with Crippen LogP contribution >= 0.6 is 11.8 Å². The van der Waals surface area contributed by atoms with E-state index >= 15 is 0 Å². The van der Waals surface area contributed by atoms with Crippen molar-refractivity contribution in [3.8, 4) is 16.9 Å². The van der Waals surface area contributed by atoms with Crippen LogP contribution in [0.3, 0.4) is 0 Å². The summed E-state index contributed by atoms with van der Waals surface area (Å²) in [6.07, 6.45) is 0. The Morgan fingerprint density at radius 1 is 0.933 bits per heavy atom. The summed E-state index contributed by atoms with van der Waals surface area (Å²) in [5.41, 5.74) is 4.92. The van der Waals surface area contributed by atoms with Crippen LogP contribution in [-0.2, 0) is 0 Å². The first-order valence-corrected chi connectivity index (χ1v) is 10.8. The quantitative estimate of drug-likeness (QED) is 0.310. The fourth-order valence-electron chi connectivity index (χ4n) is 3.87. The van der Waals surface area contributed by atoms with Gasteiger partial charge < -0.3 is 9.67 Å². The van der Waals surface area contributed by atoms with Crippen LogP contribution < -0.4 is 0 Å². The van der Waals surface area contributed by atoms with Gasteiger partial charge in [0.05, 0.1) is 23.1 Å². The van der Waals surface area contributed by atoms with E-state index in [1.807, 2.05) is 78.9 Å². The third-order valence-corrected chi connectivity index (χ3v) is 6.23. The van der Waals surface area contributed by atoms with E-state index in [1.165, 1.54) is 11.8 Å². The average Bonchev–Trinajstić information content (AvgIpc) is 3.13. The molecular formula is C24H22N2O3S. The minimum absolute atomic E-state index is 0.0170. The predicted molar refractivity (Wildman–Crippen MR) is 123 cm³/mol. The number of fused-ring (bicyclic) bond motifs is 1. The average molecular weight is 419 g/mol. The molecule has 1 N–H and O–H groups in total. The molecule has 152 valence electrons. The zero-order valence-corrected chi connectivity index (χ0v) is 17.2. The highest BCUT2D eigenvalue weighted by molar-refractivity contribution is 7.99. The number of rotatable bonds is 8. The standard InChI is InChI=1S/C24H22N2O3S/c27-15-16-30-22(17-25(28)29)23-20-13-7-8-14-21(20)26(19-11-5-2-6-12-19)24(23)18-9-3-1-4-10-18/h1-14,22,27H,15-17H2. The van der Waals surface area contributed by atoms with Gasteiger partial charge in [0.1, 0.15) is 0 Å².